The average Bonchev–Trinajstić information content (AvgIpc) is 3.32. The number of pyridine rings is 1. The Balaban J connectivity index is 1.57. The lowest BCUT2D eigenvalue weighted by molar-refractivity contribution is 0.398. The third-order valence-electron chi connectivity index (χ3n) is 5.73. The van der Waals surface area contributed by atoms with Crippen LogP contribution >= 0.6 is 11.3 Å². The van der Waals surface area contributed by atoms with Crippen LogP contribution in [0, 0.1) is 36.5 Å². The Hall–Kier alpha value is -3.88. The lowest BCUT2D eigenvalue weighted by atomic mass is 10.1. The first-order valence-electron chi connectivity index (χ1n) is 10.3. The zero-order valence-corrected chi connectivity index (χ0v) is 18.7. The summed E-state index contributed by atoms with van der Waals surface area (Å²) in [7, 11) is 1.55. The van der Waals surface area contributed by atoms with Crippen LogP contribution in [0.1, 0.15) is 52.0 Å². The number of nitrogens with one attached hydrogen (secondary N) is 1. The number of ether oxygens (including phenoxy) is 1. The monoisotopic (exact) mass is 440 g/mol. The number of hydrogen-bond donors (Lipinski definition) is 1. The van der Waals surface area contributed by atoms with Crippen molar-refractivity contribution in [1.29, 1.82) is 10.5 Å². The molecule has 1 aliphatic carbocycles. The van der Waals surface area contributed by atoms with E-state index in [-0.39, 0.29) is 0 Å². The van der Waals surface area contributed by atoms with Crippen molar-refractivity contribution in [3.05, 3.63) is 57.6 Å². The molecule has 0 bridgehead atoms. The summed E-state index contributed by atoms with van der Waals surface area (Å²) in [5, 5.41) is 20.5. The predicted octanol–water partition coefficient (Wildman–Crippen LogP) is 5.25. The number of aryl methyl sites for hydroxylation is 1. The molecule has 1 saturated carbocycles. The Kier molecular flexibility index (Phi) is 4.80. The second kappa shape index (κ2) is 7.67. The number of allylic oxidation sites excluding steroid dienone is 1. The number of hydrogen-bond acceptors (Lipinski definition) is 6. The summed E-state index contributed by atoms with van der Waals surface area (Å²) in [6, 6.07) is 10.4. The van der Waals surface area contributed by atoms with E-state index in [0.717, 1.165) is 27.5 Å². The van der Waals surface area contributed by atoms with Gasteiger partial charge >= 0.3 is 0 Å². The molecule has 4 aromatic rings. The number of aromatic nitrogens is 4. The summed E-state index contributed by atoms with van der Waals surface area (Å²) in [6.45, 7) is 4.03. The van der Waals surface area contributed by atoms with Crippen LogP contribution in [0.5, 0.6) is 5.88 Å². The molecule has 4 heterocycles. The van der Waals surface area contributed by atoms with E-state index in [1.165, 1.54) is 17.7 Å². The van der Waals surface area contributed by atoms with Crippen molar-refractivity contribution in [1.82, 2.24) is 19.5 Å². The van der Waals surface area contributed by atoms with Gasteiger partial charge in [0.15, 0.2) is 0 Å². The lowest BCUT2D eigenvalue weighted by Gasteiger charge is -2.07. The summed E-state index contributed by atoms with van der Waals surface area (Å²) in [4.78, 5) is 13.2. The number of rotatable bonds is 5. The largest absolute Gasteiger partial charge is 0.481 e. The maximum Gasteiger partial charge on any atom is 0.215 e. The molecule has 32 heavy (non-hydrogen) atoms. The standard InChI is InChI=1S/C24H20N6OS/c1-13-6-16(14(2)30(13)24-18(11-26)8-21(32-24)15-4-5-15)7-17(10-25)23-28-19-9-22(31-3)27-12-20(19)29-23/h6-9,12,15H,4-5H2,1-3H3,(H,28,29)/b17-7+. The zero-order valence-electron chi connectivity index (χ0n) is 17.9. The highest BCUT2D eigenvalue weighted by Gasteiger charge is 2.28. The van der Waals surface area contributed by atoms with Gasteiger partial charge in [-0.15, -0.1) is 11.3 Å². The third-order valence-corrected chi connectivity index (χ3v) is 7.01. The smallest absolute Gasteiger partial charge is 0.215 e. The average molecular weight is 441 g/mol. The molecule has 5 rings (SSSR count). The topological polar surface area (TPSA) is 103 Å². The number of imidazole rings is 1. The Bertz CT molecular complexity index is 1470. The Morgan fingerprint density at radius 1 is 1.28 bits per heavy atom. The summed E-state index contributed by atoms with van der Waals surface area (Å²) in [6.07, 6.45) is 5.88. The number of H-pyrrole nitrogens is 1. The molecule has 7 nitrogen and oxygen atoms in total. The molecule has 0 amide bonds. The molecule has 1 fully saturated rings. The number of nitriles is 2. The van der Waals surface area contributed by atoms with Gasteiger partial charge in [-0.3, -0.25) is 0 Å². The number of thiophene rings is 1. The summed E-state index contributed by atoms with van der Waals surface area (Å²) in [5.74, 6) is 1.55. The van der Waals surface area contributed by atoms with Crippen LogP contribution in [0.3, 0.4) is 0 Å². The Labute approximate surface area is 189 Å². The van der Waals surface area contributed by atoms with Crippen LogP contribution in [-0.2, 0) is 0 Å². The fraction of sp³-hybridized carbons (Fsp3) is 0.250. The van der Waals surface area contributed by atoms with Crippen molar-refractivity contribution >= 4 is 34.0 Å². The molecule has 158 valence electrons. The molecule has 0 saturated heterocycles. The normalized spacial score (nSPS) is 13.8. The zero-order chi connectivity index (χ0) is 22.4. The van der Waals surface area contributed by atoms with E-state index in [2.05, 4.69) is 31.7 Å². The highest BCUT2D eigenvalue weighted by molar-refractivity contribution is 7.14. The molecule has 0 unspecified atom stereocenters. The van der Waals surface area contributed by atoms with E-state index < -0.39 is 0 Å². The van der Waals surface area contributed by atoms with E-state index in [1.807, 2.05) is 32.1 Å². The number of nitrogens with zero attached hydrogens (tertiary/aromatic N) is 5. The molecule has 0 spiro atoms. The van der Waals surface area contributed by atoms with Crippen LogP contribution in [-0.4, -0.2) is 26.6 Å². The summed E-state index contributed by atoms with van der Waals surface area (Å²) >= 11 is 1.69. The van der Waals surface area contributed by atoms with E-state index in [4.69, 9.17) is 4.74 Å². The van der Waals surface area contributed by atoms with E-state index in [9.17, 15) is 10.5 Å². The van der Waals surface area contributed by atoms with Gasteiger partial charge in [0.05, 0.1) is 35.5 Å². The minimum Gasteiger partial charge on any atom is -0.481 e. The van der Waals surface area contributed by atoms with Crippen molar-refractivity contribution in [2.75, 3.05) is 7.11 Å². The van der Waals surface area contributed by atoms with E-state index in [1.54, 1.807) is 30.7 Å². The second-order valence-electron chi connectivity index (χ2n) is 7.91. The van der Waals surface area contributed by atoms with Crippen molar-refractivity contribution in [2.24, 2.45) is 0 Å². The van der Waals surface area contributed by atoms with Gasteiger partial charge < -0.3 is 14.3 Å². The van der Waals surface area contributed by atoms with Crippen molar-refractivity contribution in [2.45, 2.75) is 32.6 Å². The molecule has 0 aliphatic heterocycles. The fourth-order valence-corrected chi connectivity index (χ4v) is 5.29. The van der Waals surface area contributed by atoms with Crippen molar-refractivity contribution < 1.29 is 4.74 Å². The van der Waals surface area contributed by atoms with Crippen LogP contribution in [0.25, 0.3) is 27.7 Å². The van der Waals surface area contributed by atoms with Gasteiger partial charge in [0.1, 0.15) is 23.0 Å². The number of methoxy groups -OCH3 is 1. The highest BCUT2D eigenvalue weighted by Crippen LogP contribution is 2.45. The lowest BCUT2D eigenvalue weighted by Crippen LogP contribution is -1.98. The SMILES string of the molecule is COc1cc2nc(/C(C#N)=C/c3cc(C)n(-c4sc(C5CC5)cc4C#N)c3C)[nH]c2cn1. The molecular formula is C24H20N6OS. The Morgan fingerprint density at radius 3 is 2.78 bits per heavy atom. The Morgan fingerprint density at radius 2 is 2.09 bits per heavy atom. The van der Waals surface area contributed by atoms with Gasteiger partial charge in [0, 0.05) is 22.3 Å². The molecule has 0 atom stereocenters. The van der Waals surface area contributed by atoms with Crippen LogP contribution in [0.4, 0.5) is 0 Å². The quantitative estimate of drug-likeness (QED) is 0.427. The molecule has 0 aromatic carbocycles. The van der Waals surface area contributed by atoms with Gasteiger partial charge in [-0.2, -0.15) is 10.5 Å². The van der Waals surface area contributed by atoms with Gasteiger partial charge in [-0.25, -0.2) is 9.97 Å². The maximum absolute atomic E-state index is 9.84. The van der Waals surface area contributed by atoms with Gasteiger partial charge in [-0.1, -0.05) is 0 Å². The molecule has 1 aliphatic rings. The molecule has 0 radical (unpaired) electrons. The summed E-state index contributed by atoms with van der Waals surface area (Å²) < 4.78 is 7.27. The van der Waals surface area contributed by atoms with Gasteiger partial charge in [-0.05, 0) is 56.4 Å². The first-order valence-corrected chi connectivity index (χ1v) is 11.1. The van der Waals surface area contributed by atoms with E-state index >= 15 is 0 Å². The van der Waals surface area contributed by atoms with Crippen molar-refractivity contribution in [3.63, 3.8) is 0 Å². The molecule has 4 aromatic heterocycles. The minimum atomic E-state index is 0.422. The second-order valence-corrected chi connectivity index (χ2v) is 8.98. The highest BCUT2D eigenvalue weighted by atomic mass is 32.1. The van der Waals surface area contributed by atoms with Crippen LogP contribution in [0.15, 0.2) is 24.4 Å². The first kappa shape index (κ1) is 20.0. The predicted molar refractivity (Wildman–Crippen MR) is 124 cm³/mol. The van der Waals surface area contributed by atoms with Crippen LogP contribution < -0.4 is 4.74 Å². The first-order chi connectivity index (χ1) is 15.5. The van der Waals surface area contributed by atoms with E-state index in [0.29, 0.717) is 34.3 Å². The van der Waals surface area contributed by atoms with Gasteiger partial charge in [0.25, 0.3) is 0 Å². The third kappa shape index (κ3) is 3.35. The maximum atomic E-state index is 9.84. The van der Waals surface area contributed by atoms with Crippen LogP contribution in [0.2, 0.25) is 0 Å². The van der Waals surface area contributed by atoms with Gasteiger partial charge in [0.2, 0.25) is 5.88 Å². The summed E-state index contributed by atoms with van der Waals surface area (Å²) in [5.41, 5.74) is 5.46. The van der Waals surface area contributed by atoms with Crippen molar-refractivity contribution in [3.8, 4) is 23.0 Å². The molecule has 8 heteroatoms. The fourth-order valence-electron chi connectivity index (χ4n) is 3.90. The minimum absolute atomic E-state index is 0.422. The molecular weight excluding hydrogens is 420 g/mol. The number of aromatic amines is 1. The number of fused-ring (bicyclic) bond motifs is 1. The molecule has 1 N–H and O–H groups in total.